The molecule has 2 aliphatic heterocycles. The molecule has 4 nitrogen and oxygen atoms in total. The Morgan fingerprint density at radius 3 is 2.71 bits per heavy atom. The van der Waals surface area contributed by atoms with E-state index in [9.17, 15) is 4.79 Å². The van der Waals surface area contributed by atoms with Gasteiger partial charge in [-0.25, -0.2) is 0 Å². The Kier molecular flexibility index (Phi) is 6.23. The van der Waals surface area contributed by atoms with E-state index < -0.39 is 0 Å². The molecule has 0 bridgehead atoms. The van der Waals surface area contributed by atoms with Crippen molar-refractivity contribution in [1.29, 1.82) is 0 Å². The van der Waals surface area contributed by atoms with Crippen LogP contribution in [0.15, 0.2) is 0 Å². The Morgan fingerprint density at radius 1 is 1.35 bits per heavy atom. The molecule has 2 saturated heterocycles. The van der Waals surface area contributed by atoms with Gasteiger partial charge in [-0.2, -0.15) is 0 Å². The Morgan fingerprint density at radius 2 is 2.06 bits per heavy atom. The van der Waals surface area contributed by atoms with Gasteiger partial charge in [0.25, 0.3) is 0 Å². The SMILES string of the molecule is COC(=O)[C@@H]1CCCN1CC1CCNCC1.Cl. The molecule has 0 spiro atoms. The summed E-state index contributed by atoms with van der Waals surface area (Å²) >= 11 is 0. The molecule has 2 heterocycles. The van der Waals surface area contributed by atoms with Crippen LogP contribution in [-0.2, 0) is 9.53 Å². The number of hydrogen-bond donors (Lipinski definition) is 1. The van der Waals surface area contributed by atoms with Gasteiger partial charge in [0.05, 0.1) is 7.11 Å². The van der Waals surface area contributed by atoms with Crippen LogP contribution in [-0.4, -0.2) is 50.2 Å². The summed E-state index contributed by atoms with van der Waals surface area (Å²) in [5.74, 6) is 0.706. The highest BCUT2D eigenvalue weighted by Gasteiger charge is 2.32. The van der Waals surface area contributed by atoms with Gasteiger partial charge in [0, 0.05) is 6.54 Å². The Labute approximate surface area is 109 Å². The highest BCUT2D eigenvalue weighted by molar-refractivity contribution is 5.85. The zero-order chi connectivity index (χ0) is 11.4. The molecular formula is C12H23ClN2O2. The predicted octanol–water partition coefficient (Wildman–Crippen LogP) is 1.05. The molecule has 2 fully saturated rings. The van der Waals surface area contributed by atoms with E-state index in [2.05, 4.69) is 10.2 Å². The van der Waals surface area contributed by atoms with Gasteiger partial charge in [0.15, 0.2) is 0 Å². The molecule has 0 saturated carbocycles. The molecule has 0 unspecified atom stereocenters. The first-order valence-corrected chi connectivity index (χ1v) is 6.34. The van der Waals surface area contributed by atoms with Crippen molar-refractivity contribution in [1.82, 2.24) is 10.2 Å². The highest BCUT2D eigenvalue weighted by atomic mass is 35.5. The topological polar surface area (TPSA) is 41.6 Å². The lowest BCUT2D eigenvalue weighted by atomic mass is 9.97. The largest absolute Gasteiger partial charge is 0.468 e. The molecular weight excluding hydrogens is 240 g/mol. The van der Waals surface area contributed by atoms with Crippen LogP contribution < -0.4 is 5.32 Å². The summed E-state index contributed by atoms with van der Waals surface area (Å²) in [6.07, 6.45) is 4.58. The molecule has 5 heteroatoms. The van der Waals surface area contributed by atoms with Gasteiger partial charge in [-0.1, -0.05) is 0 Å². The number of nitrogens with one attached hydrogen (secondary N) is 1. The average molecular weight is 263 g/mol. The van der Waals surface area contributed by atoms with Crippen molar-refractivity contribution in [2.45, 2.75) is 31.7 Å². The van der Waals surface area contributed by atoms with Crippen LogP contribution in [0.1, 0.15) is 25.7 Å². The third-order valence-corrected chi connectivity index (χ3v) is 3.79. The summed E-state index contributed by atoms with van der Waals surface area (Å²) in [5.41, 5.74) is 0. The molecule has 0 aromatic carbocycles. The van der Waals surface area contributed by atoms with Gasteiger partial charge in [0.2, 0.25) is 0 Å². The van der Waals surface area contributed by atoms with E-state index in [0.717, 1.165) is 44.9 Å². The zero-order valence-electron chi connectivity index (χ0n) is 10.5. The number of hydrogen-bond acceptors (Lipinski definition) is 4. The van der Waals surface area contributed by atoms with Gasteiger partial charge < -0.3 is 10.1 Å². The normalized spacial score (nSPS) is 26.5. The van der Waals surface area contributed by atoms with Crippen molar-refractivity contribution >= 4 is 18.4 Å². The van der Waals surface area contributed by atoms with E-state index in [1.807, 2.05) is 0 Å². The standard InChI is InChI=1S/C12H22N2O2.ClH/c1-16-12(15)11-3-2-8-14(11)9-10-4-6-13-7-5-10;/h10-11,13H,2-9H2,1H3;1H/t11-;/m0./s1. The molecule has 2 aliphatic rings. The van der Waals surface area contributed by atoms with Crippen LogP contribution >= 0.6 is 12.4 Å². The van der Waals surface area contributed by atoms with Crippen LogP contribution in [0, 0.1) is 5.92 Å². The number of carbonyl (C=O) groups excluding carboxylic acids is 1. The van der Waals surface area contributed by atoms with Gasteiger partial charge in [0.1, 0.15) is 6.04 Å². The number of piperidine rings is 1. The molecule has 2 rings (SSSR count). The molecule has 0 aliphatic carbocycles. The third kappa shape index (κ3) is 3.83. The van der Waals surface area contributed by atoms with Crippen LogP contribution in [0.5, 0.6) is 0 Å². The number of carbonyl (C=O) groups is 1. The van der Waals surface area contributed by atoms with E-state index in [1.165, 1.54) is 20.0 Å². The molecule has 0 amide bonds. The third-order valence-electron chi connectivity index (χ3n) is 3.79. The summed E-state index contributed by atoms with van der Waals surface area (Å²) in [5, 5.41) is 3.37. The first-order chi connectivity index (χ1) is 7.81. The lowest BCUT2D eigenvalue weighted by Gasteiger charge is -2.30. The van der Waals surface area contributed by atoms with Crippen LogP contribution in [0.25, 0.3) is 0 Å². The van der Waals surface area contributed by atoms with Crippen molar-refractivity contribution in [3.05, 3.63) is 0 Å². The Hall–Kier alpha value is -0.320. The summed E-state index contributed by atoms with van der Waals surface area (Å²) in [6.45, 7) is 4.38. The molecule has 100 valence electrons. The average Bonchev–Trinajstić information content (AvgIpc) is 2.77. The van der Waals surface area contributed by atoms with Crippen LogP contribution in [0.4, 0.5) is 0 Å². The fourth-order valence-electron chi connectivity index (χ4n) is 2.84. The molecule has 0 radical (unpaired) electrons. The quantitative estimate of drug-likeness (QED) is 0.772. The minimum absolute atomic E-state index is 0. The molecule has 1 atom stereocenters. The number of likely N-dealkylation sites (tertiary alicyclic amines) is 1. The fourth-order valence-corrected chi connectivity index (χ4v) is 2.84. The smallest absolute Gasteiger partial charge is 0.323 e. The molecule has 1 N–H and O–H groups in total. The molecule has 17 heavy (non-hydrogen) atoms. The molecule has 0 aromatic heterocycles. The maximum absolute atomic E-state index is 11.6. The fraction of sp³-hybridized carbons (Fsp3) is 0.917. The zero-order valence-corrected chi connectivity index (χ0v) is 11.3. The van der Waals surface area contributed by atoms with E-state index in [1.54, 1.807) is 0 Å². The lowest BCUT2D eigenvalue weighted by Crippen LogP contribution is -2.42. The second-order valence-electron chi connectivity index (χ2n) is 4.87. The first-order valence-electron chi connectivity index (χ1n) is 6.34. The number of ether oxygens (including phenoxy) is 1. The number of esters is 1. The number of nitrogens with zero attached hydrogens (tertiary/aromatic N) is 1. The second kappa shape index (κ2) is 7.19. The highest BCUT2D eigenvalue weighted by Crippen LogP contribution is 2.22. The minimum atomic E-state index is -0.0496. The summed E-state index contributed by atoms with van der Waals surface area (Å²) in [4.78, 5) is 13.9. The van der Waals surface area contributed by atoms with Crippen molar-refractivity contribution in [2.75, 3.05) is 33.3 Å². The number of halogens is 1. The number of methoxy groups -OCH3 is 1. The predicted molar refractivity (Wildman–Crippen MR) is 69.5 cm³/mol. The van der Waals surface area contributed by atoms with Crippen LogP contribution in [0.3, 0.4) is 0 Å². The van der Waals surface area contributed by atoms with Crippen LogP contribution in [0.2, 0.25) is 0 Å². The maximum Gasteiger partial charge on any atom is 0.323 e. The van der Waals surface area contributed by atoms with E-state index in [0.29, 0.717) is 0 Å². The monoisotopic (exact) mass is 262 g/mol. The van der Waals surface area contributed by atoms with Gasteiger partial charge in [-0.3, -0.25) is 9.69 Å². The van der Waals surface area contributed by atoms with Crippen molar-refractivity contribution < 1.29 is 9.53 Å². The summed E-state index contributed by atoms with van der Waals surface area (Å²) < 4.78 is 4.86. The summed E-state index contributed by atoms with van der Waals surface area (Å²) in [7, 11) is 1.49. The maximum atomic E-state index is 11.6. The minimum Gasteiger partial charge on any atom is -0.468 e. The lowest BCUT2D eigenvalue weighted by molar-refractivity contribution is -0.146. The van der Waals surface area contributed by atoms with Gasteiger partial charge in [-0.15, -0.1) is 12.4 Å². The van der Waals surface area contributed by atoms with Gasteiger partial charge >= 0.3 is 5.97 Å². The van der Waals surface area contributed by atoms with Crippen molar-refractivity contribution in [2.24, 2.45) is 5.92 Å². The van der Waals surface area contributed by atoms with Gasteiger partial charge in [-0.05, 0) is 51.2 Å². The first kappa shape index (κ1) is 14.7. The number of rotatable bonds is 3. The molecule has 0 aromatic rings. The summed E-state index contributed by atoms with van der Waals surface area (Å²) in [6, 6.07) is 0.0277. The van der Waals surface area contributed by atoms with E-state index >= 15 is 0 Å². The van der Waals surface area contributed by atoms with Crippen molar-refractivity contribution in [3.8, 4) is 0 Å². The van der Waals surface area contributed by atoms with E-state index in [4.69, 9.17) is 4.74 Å². The second-order valence-corrected chi connectivity index (χ2v) is 4.87. The Bertz CT molecular complexity index is 245. The van der Waals surface area contributed by atoms with E-state index in [-0.39, 0.29) is 24.4 Å². The van der Waals surface area contributed by atoms with Crippen molar-refractivity contribution in [3.63, 3.8) is 0 Å². The Balaban J connectivity index is 0.00000144.